The van der Waals surface area contributed by atoms with Crippen molar-refractivity contribution in [3.63, 3.8) is 0 Å². The Bertz CT molecular complexity index is 2950. The summed E-state index contributed by atoms with van der Waals surface area (Å²) in [4.78, 5) is 56.3. The van der Waals surface area contributed by atoms with Gasteiger partial charge in [-0.1, -0.05) is 18.7 Å². The Hall–Kier alpha value is -6.24. The molecule has 5 aliphatic rings. The van der Waals surface area contributed by atoms with E-state index in [4.69, 9.17) is 0 Å². The highest BCUT2D eigenvalue weighted by atomic mass is 32.2. The molecule has 4 fully saturated rings. The van der Waals surface area contributed by atoms with Crippen molar-refractivity contribution in [2.24, 2.45) is 5.92 Å². The first-order valence-electron chi connectivity index (χ1n) is 23.3. The number of hydrogen-bond donors (Lipinski definition) is 3. The van der Waals surface area contributed by atoms with Crippen molar-refractivity contribution in [3.8, 4) is 11.1 Å². The third-order valence-corrected chi connectivity index (χ3v) is 16.4. The number of anilines is 3. The summed E-state index contributed by atoms with van der Waals surface area (Å²) in [5.41, 5.74) is 4.79. The van der Waals surface area contributed by atoms with Gasteiger partial charge in [-0.05, 0) is 112 Å². The van der Waals surface area contributed by atoms with E-state index in [0.717, 1.165) is 91.0 Å². The molecule has 2 atom stereocenters. The molecule has 10 rings (SSSR count). The van der Waals surface area contributed by atoms with Crippen molar-refractivity contribution >= 4 is 55.9 Å². The molecule has 2 aromatic heterocycles. The minimum Gasteiger partial charge on any atom is -0.372 e. The number of amides is 2. The molecular weight excluding hydrogens is 896 g/mol. The number of nitrogens with one attached hydrogen (secondary N) is 3. The molecule has 18 heteroatoms. The van der Waals surface area contributed by atoms with Crippen molar-refractivity contribution < 1.29 is 36.0 Å². The van der Waals surface area contributed by atoms with E-state index in [1.165, 1.54) is 6.20 Å². The fourth-order valence-electron chi connectivity index (χ4n) is 10.8. The fraction of sp³-hybridized carbons (Fsp3) is 0.400. The zero-order valence-corrected chi connectivity index (χ0v) is 38.9. The summed E-state index contributed by atoms with van der Waals surface area (Å²) in [6.45, 7) is 14.0. The molecule has 14 nitrogen and oxygen atoms in total. The minimum atomic E-state index is -4.36. The molecule has 2 amide bonds. The summed E-state index contributed by atoms with van der Waals surface area (Å²) in [7, 11) is -4.36. The van der Waals surface area contributed by atoms with E-state index >= 15 is 8.78 Å². The van der Waals surface area contributed by atoms with E-state index in [0.29, 0.717) is 53.2 Å². The molecule has 1 unspecified atom stereocenters. The molecule has 0 saturated carbocycles. The monoisotopic (exact) mass is 949 g/mol. The maximum absolute atomic E-state index is 15.8. The van der Waals surface area contributed by atoms with Crippen LogP contribution < -0.4 is 19.8 Å². The van der Waals surface area contributed by atoms with E-state index in [-0.39, 0.29) is 42.4 Å². The first-order chi connectivity index (χ1) is 32.5. The van der Waals surface area contributed by atoms with E-state index in [1.54, 1.807) is 17.2 Å². The molecule has 0 spiro atoms. The third-order valence-electron chi connectivity index (χ3n) is 14.9. The van der Waals surface area contributed by atoms with Crippen molar-refractivity contribution in [1.29, 1.82) is 0 Å². The van der Waals surface area contributed by atoms with Gasteiger partial charge in [-0.25, -0.2) is 18.2 Å². The van der Waals surface area contributed by atoms with Crippen LogP contribution in [-0.4, -0.2) is 120 Å². The highest BCUT2D eigenvalue weighted by molar-refractivity contribution is 7.90. The van der Waals surface area contributed by atoms with Gasteiger partial charge < -0.3 is 25.0 Å². The van der Waals surface area contributed by atoms with Gasteiger partial charge in [-0.3, -0.25) is 24.0 Å². The summed E-state index contributed by atoms with van der Waals surface area (Å²) in [5.74, 6) is -3.28. The van der Waals surface area contributed by atoms with Crippen molar-refractivity contribution in [2.45, 2.75) is 70.2 Å². The second kappa shape index (κ2) is 17.7. The van der Waals surface area contributed by atoms with E-state index < -0.39 is 51.1 Å². The molecule has 356 valence electrons. The lowest BCUT2D eigenvalue weighted by molar-refractivity contribution is -0.126. The number of carbonyl (C=O) groups excluding carboxylic acids is 3. The van der Waals surface area contributed by atoms with Crippen LogP contribution in [-0.2, 0) is 21.5 Å². The zero-order valence-electron chi connectivity index (χ0n) is 38.0. The normalized spacial score (nSPS) is 21.2. The van der Waals surface area contributed by atoms with Crippen LogP contribution >= 0.6 is 0 Å². The van der Waals surface area contributed by atoms with Crippen LogP contribution in [0, 0.1) is 17.6 Å². The van der Waals surface area contributed by atoms with E-state index in [9.17, 15) is 27.2 Å². The molecule has 3 N–H and O–H groups in total. The lowest BCUT2D eigenvalue weighted by atomic mass is 9.78. The molecule has 0 aliphatic carbocycles. The van der Waals surface area contributed by atoms with Gasteiger partial charge >= 0.3 is 10.2 Å². The first-order valence-corrected chi connectivity index (χ1v) is 24.7. The number of benzene rings is 3. The van der Waals surface area contributed by atoms with Gasteiger partial charge in [0.1, 0.15) is 23.7 Å². The molecule has 5 aliphatic heterocycles. The lowest BCUT2D eigenvalue weighted by Crippen LogP contribution is -2.59. The number of nitrogens with zero attached hydrogens (tertiary/aromatic N) is 6. The number of hydrogen-bond acceptors (Lipinski definition) is 9. The number of allylic oxidation sites excluding steroid dienone is 1. The number of H-pyrrole nitrogens is 1. The number of rotatable bonds is 11. The zero-order chi connectivity index (χ0) is 47.6. The van der Waals surface area contributed by atoms with Gasteiger partial charge in [-0.2, -0.15) is 12.7 Å². The highest BCUT2D eigenvalue weighted by Gasteiger charge is 2.41. The maximum Gasteiger partial charge on any atom is 0.301 e. The number of fused-ring (bicyclic) bond motifs is 2. The van der Waals surface area contributed by atoms with Gasteiger partial charge in [0, 0.05) is 116 Å². The van der Waals surface area contributed by atoms with Crippen LogP contribution in [0.2, 0.25) is 0 Å². The Labute approximate surface area is 393 Å². The first kappa shape index (κ1) is 45.5. The Morgan fingerprint density at radius 3 is 2.29 bits per heavy atom. The quantitative estimate of drug-likeness (QED) is 0.119. The number of halogens is 3. The molecule has 0 radical (unpaired) electrons. The minimum absolute atomic E-state index is 0.00441. The lowest BCUT2D eigenvalue weighted by Gasteiger charge is -2.50. The third kappa shape index (κ3) is 8.40. The summed E-state index contributed by atoms with van der Waals surface area (Å²) >= 11 is 0. The Morgan fingerprint density at radius 1 is 0.868 bits per heavy atom. The number of pyridine rings is 1. The molecule has 3 aromatic carbocycles. The van der Waals surface area contributed by atoms with Crippen LogP contribution in [0.25, 0.3) is 22.2 Å². The molecule has 4 saturated heterocycles. The average molecular weight is 950 g/mol. The number of aromatic amines is 1. The number of piperazine rings is 1. The maximum atomic E-state index is 15.8. The van der Waals surface area contributed by atoms with Crippen molar-refractivity contribution in [2.75, 3.05) is 66.9 Å². The van der Waals surface area contributed by atoms with Crippen LogP contribution in [0.15, 0.2) is 85.3 Å². The topological polar surface area (TPSA) is 154 Å². The fourth-order valence-corrected chi connectivity index (χ4v) is 12.0. The van der Waals surface area contributed by atoms with Crippen molar-refractivity contribution in [3.05, 3.63) is 119 Å². The Balaban J connectivity index is 0.752. The Kier molecular flexibility index (Phi) is 11.8. The second-order valence-corrected chi connectivity index (χ2v) is 20.8. The number of piperidine rings is 2. The summed E-state index contributed by atoms with van der Waals surface area (Å²) in [5, 5.41) is 3.15. The molecule has 68 heavy (non-hydrogen) atoms. The van der Waals surface area contributed by atoms with Crippen LogP contribution in [0.1, 0.15) is 77.8 Å². The van der Waals surface area contributed by atoms with Gasteiger partial charge in [0.05, 0.1) is 11.3 Å². The SMILES string of the molecule is C=C1CCC(N2Cc3cc(N4CCC(C(C)(C)N5CCN(c6ccc(-c7cnc8[nH]cc(C(=O)c9c(F)ccc(NS(=O)(=O)N%10CC[C@@H](F)C%10)c9F)c8c7)cc6)CC5)CC4)ccc3C2=O)C(=O)N1. The second-order valence-electron chi connectivity index (χ2n) is 19.1. The predicted octanol–water partition coefficient (Wildman–Crippen LogP) is 7.00. The van der Waals surface area contributed by atoms with Crippen LogP contribution in [0.5, 0.6) is 0 Å². The highest BCUT2D eigenvalue weighted by Crippen LogP contribution is 2.38. The largest absolute Gasteiger partial charge is 0.372 e. The van der Waals surface area contributed by atoms with Crippen LogP contribution in [0.4, 0.5) is 30.2 Å². The van der Waals surface area contributed by atoms with E-state index in [1.807, 2.05) is 29.0 Å². The van der Waals surface area contributed by atoms with Gasteiger partial charge in [0.15, 0.2) is 5.82 Å². The smallest absolute Gasteiger partial charge is 0.301 e. The number of ketones is 1. The summed E-state index contributed by atoms with van der Waals surface area (Å²) in [6.07, 6.45) is 5.00. The number of carbonyl (C=O) groups is 3. The van der Waals surface area contributed by atoms with E-state index in [2.05, 4.69) is 68.6 Å². The molecule has 5 aromatic rings. The number of alkyl halides is 1. The molecule has 7 heterocycles. The Morgan fingerprint density at radius 2 is 1.59 bits per heavy atom. The van der Waals surface area contributed by atoms with Gasteiger partial charge in [0.25, 0.3) is 5.91 Å². The van der Waals surface area contributed by atoms with Gasteiger partial charge in [0.2, 0.25) is 11.7 Å². The average Bonchev–Trinajstić information content (AvgIpc) is 4.07. The summed E-state index contributed by atoms with van der Waals surface area (Å²) in [6, 6.07) is 17.2. The predicted molar refractivity (Wildman–Crippen MR) is 254 cm³/mol. The molecule has 0 bridgehead atoms. The molecular formula is C50H54F3N9O5S. The number of aromatic nitrogens is 2. The summed E-state index contributed by atoms with van der Waals surface area (Å²) < 4.78 is 73.3. The van der Waals surface area contributed by atoms with Crippen LogP contribution in [0.3, 0.4) is 0 Å². The van der Waals surface area contributed by atoms with Gasteiger partial charge in [-0.15, -0.1) is 0 Å². The standard InChI is InChI=1S/C50H54F3N9O5S/c1-30-4-13-43(48(64)56-30)62-28-33-24-37(9-10-38(33)49(62)65)58-17-14-34(15-18-58)50(2,3)60-22-20-59(21-23-60)36-7-5-31(6-8-36)32-25-39-40(27-55-47(39)54-26-32)46(63)44-41(52)11-12-42(45(44)53)57-68(66,67)61-19-16-35(51)29-61/h5-12,24-27,34-35,43,57H,1,4,13-23,28-29H2,2-3H3,(H,54,55)(H,56,64)/t35-,43?/m1/s1. The van der Waals surface area contributed by atoms with Crippen molar-refractivity contribution in [1.82, 2.24) is 29.4 Å².